The summed E-state index contributed by atoms with van der Waals surface area (Å²) in [6.07, 6.45) is 4.24. The third kappa shape index (κ3) is 4.33. The van der Waals surface area contributed by atoms with E-state index < -0.39 is 0 Å². The second kappa shape index (κ2) is 7.62. The zero-order valence-electron chi connectivity index (χ0n) is 13.4. The Bertz CT molecular complexity index is 618. The third-order valence-corrected chi connectivity index (χ3v) is 4.46. The summed E-state index contributed by atoms with van der Waals surface area (Å²) in [5.74, 6) is 0.998. The van der Waals surface area contributed by atoms with Crippen molar-refractivity contribution in [2.24, 2.45) is 0 Å². The van der Waals surface area contributed by atoms with Crippen LogP contribution in [0.25, 0.3) is 0 Å². The summed E-state index contributed by atoms with van der Waals surface area (Å²) in [4.78, 5) is 2.46. The summed E-state index contributed by atoms with van der Waals surface area (Å²) >= 11 is 5.42. The Morgan fingerprint density at radius 3 is 2.61 bits per heavy atom. The van der Waals surface area contributed by atoms with Gasteiger partial charge in [0.2, 0.25) is 0 Å². The molecule has 0 amide bonds. The molecule has 1 atom stereocenters. The topological polar surface area (TPSA) is 40.4 Å². The van der Waals surface area contributed by atoms with Gasteiger partial charge in [0.1, 0.15) is 5.76 Å². The fourth-order valence-electron chi connectivity index (χ4n) is 2.95. The minimum absolute atomic E-state index is 0.227. The first-order chi connectivity index (χ1) is 11.2. The molecular formula is C18H23N3OS. The highest BCUT2D eigenvalue weighted by Crippen LogP contribution is 2.24. The van der Waals surface area contributed by atoms with Gasteiger partial charge in [-0.3, -0.25) is 4.90 Å². The molecule has 0 aliphatic carbocycles. The molecule has 4 nitrogen and oxygen atoms in total. The molecule has 5 heteroatoms. The smallest absolute Gasteiger partial charge is 0.170 e. The normalized spacial score (nSPS) is 16.2. The number of benzene rings is 1. The monoisotopic (exact) mass is 329 g/mol. The second-order valence-electron chi connectivity index (χ2n) is 5.98. The molecule has 2 N–H and O–H groups in total. The Labute approximate surface area is 142 Å². The number of rotatable bonds is 5. The SMILES string of the molecule is Cc1ccc(NC(=S)NC[C@H](c2ccco2)N2CCCC2)cc1. The van der Waals surface area contributed by atoms with Crippen LogP contribution < -0.4 is 10.6 Å². The van der Waals surface area contributed by atoms with Crippen molar-refractivity contribution in [3.05, 3.63) is 54.0 Å². The third-order valence-electron chi connectivity index (χ3n) is 4.22. The minimum Gasteiger partial charge on any atom is -0.468 e. The van der Waals surface area contributed by atoms with E-state index in [0.29, 0.717) is 5.11 Å². The van der Waals surface area contributed by atoms with Gasteiger partial charge in [0.05, 0.1) is 12.3 Å². The van der Waals surface area contributed by atoms with Gasteiger partial charge >= 0.3 is 0 Å². The van der Waals surface area contributed by atoms with Crippen LogP contribution in [0.5, 0.6) is 0 Å². The molecule has 0 saturated carbocycles. The number of thiocarbonyl (C=S) groups is 1. The Morgan fingerprint density at radius 1 is 1.22 bits per heavy atom. The van der Waals surface area contributed by atoms with E-state index in [-0.39, 0.29) is 6.04 Å². The van der Waals surface area contributed by atoms with Crippen molar-refractivity contribution in [1.82, 2.24) is 10.2 Å². The van der Waals surface area contributed by atoms with E-state index in [9.17, 15) is 0 Å². The molecule has 122 valence electrons. The molecule has 23 heavy (non-hydrogen) atoms. The summed E-state index contributed by atoms with van der Waals surface area (Å²) < 4.78 is 5.63. The van der Waals surface area contributed by atoms with Crippen molar-refractivity contribution in [2.45, 2.75) is 25.8 Å². The molecule has 3 rings (SSSR count). The lowest BCUT2D eigenvalue weighted by molar-refractivity contribution is 0.216. The minimum atomic E-state index is 0.227. The van der Waals surface area contributed by atoms with Gasteiger partial charge in [0.25, 0.3) is 0 Å². The van der Waals surface area contributed by atoms with Gasteiger partial charge in [0, 0.05) is 12.2 Å². The average molecular weight is 329 g/mol. The van der Waals surface area contributed by atoms with Gasteiger partial charge in [-0.2, -0.15) is 0 Å². The standard InChI is InChI=1S/C18H23N3OS/c1-14-6-8-15(9-7-14)20-18(23)19-13-16(17-5-4-12-22-17)21-10-2-3-11-21/h4-9,12,16H,2-3,10-11,13H2,1H3,(H2,19,20,23)/t16-/m1/s1. The molecule has 1 aromatic heterocycles. The van der Waals surface area contributed by atoms with E-state index in [1.165, 1.54) is 18.4 Å². The number of likely N-dealkylation sites (tertiary alicyclic amines) is 1. The lowest BCUT2D eigenvalue weighted by Gasteiger charge is -2.26. The maximum atomic E-state index is 5.63. The Hall–Kier alpha value is -1.85. The zero-order valence-corrected chi connectivity index (χ0v) is 14.2. The molecule has 1 aromatic carbocycles. The van der Waals surface area contributed by atoms with E-state index in [1.54, 1.807) is 6.26 Å². The zero-order chi connectivity index (χ0) is 16.1. The fourth-order valence-corrected chi connectivity index (χ4v) is 3.15. The van der Waals surface area contributed by atoms with Gasteiger partial charge in [-0.05, 0) is 69.3 Å². The van der Waals surface area contributed by atoms with Crippen molar-refractivity contribution in [3.63, 3.8) is 0 Å². The first-order valence-corrected chi connectivity index (χ1v) is 8.52. The number of furan rings is 1. The van der Waals surface area contributed by atoms with Crippen molar-refractivity contribution in [2.75, 3.05) is 25.0 Å². The Balaban J connectivity index is 1.57. The lowest BCUT2D eigenvalue weighted by Crippen LogP contribution is -2.38. The van der Waals surface area contributed by atoms with Crippen LogP contribution in [0.4, 0.5) is 5.69 Å². The second-order valence-corrected chi connectivity index (χ2v) is 6.38. The van der Waals surface area contributed by atoms with E-state index >= 15 is 0 Å². The Kier molecular flexibility index (Phi) is 5.31. The first kappa shape index (κ1) is 16.0. The van der Waals surface area contributed by atoms with E-state index in [0.717, 1.165) is 31.1 Å². The van der Waals surface area contributed by atoms with Gasteiger partial charge in [-0.15, -0.1) is 0 Å². The first-order valence-electron chi connectivity index (χ1n) is 8.11. The highest BCUT2D eigenvalue weighted by Gasteiger charge is 2.25. The summed E-state index contributed by atoms with van der Waals surface area (Å²) in [5, 5.41) is 7.20. The number of hydrogen-bond acceptors (Lipinski definition) is 3. The maximum Gasteiger partial charge on any atom is 0.170 e. The summed E-state index contributed by atoms with van der Waals surface area (Å²) in [6.45, 7) is 5.05. The molecule has 1 aliphatic heterocycles. The predicted octanol–water partition coefficient (Wildman–Crippen LogP) is 3.71. The van der Waals surface area contributed by atoms with E-state index in [1.807, 2.05) is 24.3 Å². The molecule has 0 radical (unpaired) electrons. The number of nitrogens with one attached hydrogen (secondary N) is 2. The summed E-state index contributed by atoms with van der Waals surface area (Å²) in [5.41, 5.74) is 2.24. The van der Waals surface area contributed by atoms with Gasteiger partial charge in [-0.1, -0.05) is 17.7 Å². The molecule has 2 heterocycles. The van der Waals surface area contributed by atoms with Crippen LogP contribution in [-0.2, 0) is 0 Å². The largest absolute Gasteiger partial charge is 0.468 e. The fraction of sp³-hybridized carbons (Fsp3) is 0.389. The van der Waals surface area contributed by atoms with E-state index in [2.05, 4.69) is 34.6 Å². The van der Waals surface area contributed by atoms with Crippen LogP contribution in [0.2, 0.25) is 0 Å². The number of aryl methyl sites for hydroxylation is 1. The van der Waals surface area contributed by atoms with Crippen LogP contribution in [0.15, 0.2) is 47.1 Å². The number of nitrogens with zero attached hydrogens (tertiary/aromatic N) is 1. The lowest BCUT2D eigenvalue weighted by atomic mass is 10.2. The van der Waals surface area contributed by atoms with Crippen LogP contribution >= 0.6 is 12.2 Å². The summed E-state index contributed by atoms with van der Waals surface area (Å²) in [6, 6.07) is 12.4. The quantitative estimate of drug-likeness (QED) is 0.818. The van der Waals surface area contributed by atoms with Gasteiger partial charge in [-0.25, -0.2) is 0 Å². The van der Waals surface area contributed by atoms with E-state index in [4.69, 9.17) is 16.6 Å². The highest BCUT2D eigenvalue weighted by atomic mass is 32.1. The summed E-state index contributed by atoms with van der Waals surface area (Å²) in [7, 11) is 0. The molecule has 0 spiro atoms. The molecule has 1 aliphatic rings. The van der Waals surface area contributed by atoms with Crippen LogP contribution in [0.1, 0.15) is 30.2 Å². The predicted molar refractivity (Wildman–Crippen MR) is 97.7 cm³/mol. The van der Waals surface area contributed by atoms with Gasteiger partial charge < -0.3 is 15.1 Å². The average Bonchev–Trinajstić information content (AvgIpc) is 3.24. The maximum absolute atomic E-state index is 5.63. The highest BCUT2D eigenvalue weighted by molar-refractivity contribution is 7.80. The molecular weight excluding hydrogens is 306 g/mol. The number of hydrogen-bond donors (Lipinski definition) is 2. The van der Waals surface area contributed by atoms with Crippen LogP contribution in [0, 0.1) is 6.92 Å². The van der Waals surface area contributed by atoms with Crippen molar-refractivity contribution < 1.29 is 4.42 Å². The number of anilines is 1. The Morgan fingerprint density at radius 2 is 1.96 bits per heavy atom. The molecule has 1 saturated heterocycles. The van der Waals surface area contributed by atoms with Crippen molar-refractivity contribution in [1.29, 1.82) is 0 Å². The molecule has 0 unspecified atom stereocenters. The molecule has 1 fully saturated rings. The van der Waals surface area contributed by atoms with Crippen molar-refractivity contribution >= 4 is 23.0 Å². The van der Waals surface area contributed by atoms with Gasteiger partial charge in [0.15, 0.2) is 5.11 Å². The van der Waals surface area contributed by atoms with Crippen molar-refractivity contribution in [3.8, 4) is 0 Å². The van der Waals surface area contributed by atoms with Crippen LogP contribution in [-0.4, -0.2) is 29.6 Å². The molecule has 2 aromatic rings. The molecule has 0 bridgehead atoms. The van der Waals surface area contributed by atoms with Crippen LogP contribution in [0.3, 0.4) is 0 Å².